The van der Waals surface area contributed by atoms with Crippen molar-refractivity contribution in [2.45, 2.75) is 103 Å². The fraction of sp³-hybridized carbons (Fsp3) is 0.571. The largest absolute Gasteiger partial charge is 0.504 e. The van der Waals surface area contributed by atoms with Gasteiger partial charge in [0.2, 0.25) is 0 Å². The minimum Gasteiger partial charge on any atom is -0.504 e. The summed E-state index contributed by atoms with van der Waals surface area (Å²) >= 11 is 0. The van der Waals surface area contributed by atoms with Gasteiger partial charge < -0.3 is 9.84 Å². The molecule has 0 unspecified atom stereocenters. The number of aromatic hydroxyl groups is 1. The van der Waals surface area contributed by atoms with Crippen molar-refractivity contribution in [3.05, 3.63) is 54.1 Å². The minimum absolute atomic E-state index is 0.224. The minimum atomic E-state index is 0.224. The maximum Gasteiger partial charge on any atom is 0.169 e. The second-order valence-corrected chi connectivity index (χ2v) is 8.56. The Morgan fingerprint density at radius 3 is 1.70 bits per heavy atom. The number of ether oxygens (including phenoxy) is 1. The van der Waals surface area contributed by atoms with Crippen molar-refractivity contribution in [2.75, 3.05) is 0 Å². The molecule has 2 aromatic carbocycles. The maximum absolute atomic E-state index is 10.2. The van der Waals surface area contributed by atoms with Crippen LogP contribution < -0.4 is 4.74 Å². The van der Waals surface area contributed by atoms with E-state index in [4.69, 9.17) is 4.74 Å². The lowest BCUT2D eigenvalue weighted by atomic mass is 10.0. The van der Waals surface area contributed by atoms with Crippen LogP contribution in [0.3, 0.4) is 0 Å². The molecular formula is C28H42O2. The van der Waals surface area contributed by atoms with Crippen LogP contribution in [0, 0.1) is 0 Å². The molecule has 30 heavy (non-hydrogen) atoms. The van der Waals surface area contributed by atoms with E-state index >= 15 is 0 Å². The first-order valence-electron chi connectivity index (χ1n) is 12.3. The van der Waals surface area contributed by atoms with E-state index in [1.807, 2.05) is 42.5 Å². The Morgan fingerprint density at radius 1 is 0.633 bits per heavy atom. The number of para-hydroxylation sites is 1. The second kappa shape index (κ2) is 15.8. The molecule has 0 saturated heterocycles. The summed E-state index contributed by atoms with van der Waals surface area (Å²) in [6.07, 6.45) is 20.3. The van der Waals surface area contributed by atoms with E-state index in [2.05, 4.69) is 13.0 Å². The molecule has 0 aliphatic rings. The van der Waals surface area contributed by atoms with E-state index in [1.54, 1.807) is 0 Å². The normalized spacial score (nSPS) is 11.0. The number of rotatable bonds is 17. The fourth-order valence-electron chi connectivity index (χ4n) is 3.94. The Balaban J connectivity index is 1.47. The van der Waals surface area contributed by atoms with Gasteiger partial charge in [0.1, 0.15) is 5.75 Å². The van der Waals surface area contributed by atoms with Gasteiger partial charge >= 0.3 is 0 Å². The summed E-state index contributed by atoms with van der Waals surface area (Å²) < 4.78 is 5.74. The van der Waals surface area contributed by atoms with Crippen LogP contribution in [0.2, 0.25) is 0 Å². The summed E-state index contributed by atoms with van der Waals surface area (Å²) in [6, 6.07) is 15.4. The standard InChI is InChI=1S/C28H42O2/c1-2-3-4-5-6-7-8-9-10-11-12-13-14-16-19-25-22-23-28(27(29)24-25)30-26-20-17-15-18-21-26/h15,17-18,20-24,29H,2-14,16,19H2,1H3. The third-order valence-electron chi connectivity index (χ3n) is 5.81. The third-order valence-corrected chi connectivity index (χ3v) is 5.81. The highest BCUT2D eigenvalue weighted by molar-refractivity contribution is 5.44. The van der Waals surface area contributed by atoms with Crippen molar-refractivity contribution in [1.29, 1.82) is 0 Å². The van der Waals surface area contributed by atoms with Gasteiger partial charge in [-0.25, -0.2) is 0 Å². The Kier molecular flexibility index (Phi) is 12.8. The van der Waals surface area contributed by atoms with Crippen molar-refractivity contribution >= 4 is 0 Å². The molecule has 166 valence electrons. The van der Waals surface area contributed by atoms with Crippen LogP contribution in [0.15, 0.2) is 48.5 Å². The summed E-state index contributed by atoms with van der Waals surface area (Å²) in [5, 5.41) is 10.2. The maximum atomic E-state index is 10.2. The highest BCUT2D eigenvalue weighted by Gasteiger charge is 2.05. The van der Waals surface area contributed by atoms with Gasteiger partial charge in [-0.3, -0.25) is 0 Å². The molecule has 0 atom stereocenters. The van der Waals surface area contributed by atoms with Crippen LogP contribution >= 0.6 is 0 Å². The molecule has 0 spiro atoms. The van der Waals surface area contributed by atoms with E-state index in [0.717, 1.165) is 12.2 Å². The lowest BCUT2D eigenvalue weighted by Gasteiger charge is -2.09. The number of benzene rings is 2. The first-order chi connectivity index (χ1) is 14.8. The van der Waals surface area contributed by atoms with Crippen LogP contribution in [-0.2, 0) is 6.42 Å². The fourth-order valence-corrected chi connectivity index (χ4v) is 3.94. The summed E-state index contributed by atoms with van der Waals surface area (Å²) in [7, 11) is 0. The van der Waals surface area contributed by atoms with Crippen molar-refractivity contribution < 1.29 is 9.84 Å². The van der Waals surface area contributed by atoms with Gasteiger partial charge in [0.25, 0.3) is 0 Å². The monoisotopic (exact) mass is 410 g/mol. The van der Waals surface area contributed by atoms with Crippen LogP contribution in [0.4, 0.5) is 0 Å². The topological polar surface area (TPSA) is 29.5 Å². The lowest BCUT2D eigenvalue weighted by Crippen LogP contribution is -1.89. The van der Waals surface area contributed by atoms with Gasteiger partial charge in [-0.2, -0.15) is 0 Å². The summed E-state index contributed by atoms with van der Waals surface area (Å²) in [4.78, 5) is 0. The zero-order chi connectivity index (χ0) is 21.3. The quantitative estimate of drug-likeness (QED) is 0.263. The van der Waals surface area contributed by atoms with Crippen molar-refractivity contribution in [2.24, 2.45) is 0 Å². The Morgan fingerprint density at radius 2 is 1.17 bits per heavy atom. The highest BCUT2D eigenvalue weighted by Crippen LogP contribution is 2.31. The van der Waals surface area contributed by atoms with E-state index in [0.29, 0.717) is 5.75 Å². The molecule has 0 heterocycles. The Hall–Kier alpha value is -1.96. The van der Waals surface area contributed by atoms with E-state index in [1.165, 1.54) is 95.5 Å². The Labute approximate surface area is 184 Å². The van der Waals surface area contributed by atoms with Gasteiger partial charge in [0, 0.05) is 0 Å². The highest BCUT2D eigenvalue weighted by atomic mass is 16.5. The Bertz CT molecular complexity index is 666. The smallest absolute Gasteiger partial charge is 0.169 e. The number of hydrogen-bond acceptors (Lipinski definition) is 2. The molecule has 2 aromatic rings. The molecule has 0 aromatic heterocycles. The number of phenols is 1. The number of aryl methyl sites for hydroxylation is 1. The van der Waals surface area contributed by atoms with Crippen LogP contribution in [0.5, 0.6) is 17.2 Å². The molecule has 0 bridgehead atoms. The molecule has 2 nitrogen and oxygen atoms in total. The predicted molar refractivity (Wildman–Crippen MR) is 129 cm³/mol. The summed E-state index contributed by atoms with van der Waals surface area (Å²) in [5.74, 6) is 1.49. The zero-order valence-electron chi connectivity index (χ0n) is 19.1. The predicted octanol–water partition coefficient (Wildman–Crippen LogP) is 9.21. The first kappa shape index (κ1) is 24.3. The molecule has 0 amide bonds. The van der Waals surface area contributed by atoms with Crippen molar-refractivity contribution in [3.63, 3.8) is 0 Å². The number of unbranched alkanes of at least 4 members (excludes halogenated alkanes) is 13. The number of phenolic OH excluding ortho intramolecular Hbond substituents is 1. The molecule has 0 aliphatic carbocycles. The second-order valence-electron chi connectivity index (χ2n) is 8.56. The van der Waals surface area contributed by atoms with Crippen molar-refractivity contribution in [1.82, 2.24) is 0 Å². The molecule has 0 fully saturated rings. The summed E-state index contributed by atoms with van der Waals surface area (Å²) in [6.45, 7) is 2.28. The van der Waals surface area contributed by atoms with Crippen LogP contribution in [-0.4, -0.2) is 5.11 Å². The van der Waals surface area contributed by atoms with Gasteiger partial charge in [-0.1, -0.05) is 115 Å². The third kappa shape index (κ3) is 10.7. The first-order valence-corrected chi connectivity index (χ1v) is 12.3. The molecule has 0 aliphatic heterocycles. The molecule has 2 heteroatoms. The summed E-state index contributed by atoms with van der Waals surface area (Å²) in [5.41, 5.74) is 1.19. The average molecular weight is 411 g/mol. The molecule has 2 rings (SSSR count). The average Bonchev–Trinajstić information content (AvgIpc) is 2.76. The van der Waals surface area contributed by atoms with Crippen LogP contribution in [0.1, 0.15) is 102 Å². The molecule has 0 radical (unpaired) electrons. The van der Waals surface area contributed by atoms with E-state index in [9.17, 15) is 5.11 Å². The molecule has 1 N–H and O–H groups in total. The molecular weight excluding hydrogens is 368 g/mol. The SMILES string of the molecule is CCCCCCCCCCCCCCCCc1ccc(Oc2ccccc2)c(O)c1. The van der Waals surface area contributed by atoms with Gasteiger partial charge in [0.15, 0.2) is 11.5 Å². The van der Waals surface area contributed by atoms with Crippen LogP contribution in [0.25, 0.3) is 0 Å². The number of hydrogen-bond donors (Lipinski definition) is 1. The van der Waals surface area contributed by atoms with E-state index in [-0.39, 0.29) is 5.75 Å². The van der Waals surface area contributed by atoms with Gasteiger partial charge in [-0.15, -0.1) is 0 Å². The lowest BCUT2D eigenvalue weighted by molar-refractivity contribution is 0.410. The zero-order valence-corrected chi connectivity index (χ0v) is 19.1. The van der Waals surface area contributed by atoms with Gasteiger partial charge in [0.05, 0.1) is 0 Å². The van der Waals surface area contributed by atoms with Crippen molar-refractivity contribution in [3.8, 4) is 17.2 Å². The van der Waals surface area contributed by atoms with Gasteiger partial charge in [-0.05, 0) is 42.7 Å². The molecule has 0 saturated carbocycles. The van der Waals surface area contributed by atoms with E-state index < -0.39 is 0 Å².